The van der Waals surface area contributed by atoms with Crippen molar-refractivity contribution in [3.63, 3.8) is 0 Å². The second-order valence-corrected chi connectivity index (χ2v) is 11.6. The maximum atomic E-state index is 13.4. The number of aromatic nitrogens is 2. The smallest absolute Gasteiger partial charge is 0.316 e. The molecule has 2 heterocycles. The fourth-order valence-electron chi connectivity index (χ4n) is 7.72. The van der Waals surface area contributed by atoms with Crippen LogP contribution in [0.15, 0.2) is 48.7 Å². The van der Waals surface area contributed by atoms with Crippen molar-refractivity contribution >= 4 is 17.5 Å². The Kier molecular flexibility index (Phi) is 6.57. The van der Waals surface area contributed by atoms with Gasteiger partial charge in [-0.05, 0) is 97.9 Å². The summed E-state index contributed by atoms with van der Waals surface area (Å²) in [5, 5.41) is 3.26. The van der Waals surface area contributed by atoms with Crippen molar-refractivity contribution in [1.82, 2.24) is 14.7 Å². The van der Waals surface area contributed by atoms with Gasteiger partial charge in [0.1, 0.15) is 29.7 Å². The van der Waals surface area contributed by atoms with E-state index in [1.807, 2.05) is 18.2 Å². The molecule has 7 rings (SSSR count). The molecule has 4 bridgehead atoms. The molecule has 9 heteroatoms. The van der Waals surface area contributed by atoms with Crippen molar-refractivity contribution in [2.75, 3.05) is 13.3 Å². The molecule has 2 aromatic heterocycles. The number of hydrogen-bond acceptors (Lipinski definition) is 7. The van der Waals surface area contributed by atoms with Gasteiger partial charge in [0.15, 0.2) is 0 Å². The average Bonchev–Trinajstić information content (AvgIpc) is 3.34. The Balaban J connectivity index is 1.24. The molecule has 9 nitrogen and oxygen atoms in total. The summed E-state index contributed by atoms with van der Waals surface area (Å²) in [6, 6.07) is 12.6. The van der Waals surface area contributed by atoms with Gasteiger partial charge in [0, 0.05) is 12.7 Å². The molecule has 0 saturated heterocycles. The summed E-state index contributed by atoms with van der Waals surface area (Å²) < 4.78 is 6.93. The molecule has 200 valence electrons. The van der Waals surface area contributed by atoms with Crippen molar-refractivity contribution in [2.24, 2.45) is 34.8 Å². The summed E-state index contributed by atoms with van der Waals surface area (Å²) in [4.78, 5) is 35.9. The highest BCUT2D eigenvalue weighted by molar-refractivity contribution is 5.93. The van der Waals surface area contributed by atoms with Crippen LogP contribution in [0.2, 0.25) is 0 Å². The van der Waals surface area contributed by atoms with Crippen molar-refractivity contribution in [2.45, 2.75) is 50.9 Å². The first-order chi connectivity index (χ1) is 18.4. The largest absolute Gasteiger partial charge is 0.449 e. The molecule has 0 aliphatic heterocycles. The van der Waals surface area contributed by atoms with Crippen molar-refractivity contribution in [3.05, 3.63) is 65.6 Å². The molecule has 1 unspecified atom stereocenters. The van der Waals surface area contributed by atoms with Gasteiger partial charge in [-0.25, -0.2) is 4.98 Å². The zero-order chi connectivity index (χ0) is 26.3. The van der Waals surface area contributed by atoms with Crippen LogP contribution in [-0.4, -0.2) is 34.5 Å². The third-order valence-electron chi connectivity index (χ3n) is 8.87. The van der Waals surface area contributed by atoms with Gasteiger partial charge in [-0.3, -0.25) is 19.7 Å². The molecular formula is C29H35N5O4. The fraction of sp³-hybridized carbons (Fsp3) is 0.483. The Hall–Kier alpha value is -3.43. The van der Waals surface area contributed by atoms with Crippen LogP contribution in [0.4, 0.5) is 0 Å². The Morgan fingerprint density at radius 1 is 1.08 bits per heavy atom. The summed E-state index contributed by atoms with van der Waals surface area (Å²) in [5.41, 5.74) is 8.17. The number of hydrogen-bond donors (Lipinski definition) is 3. The summed E-state index contributed by atoms with van der Waals surface area (Å²) in [5.74, 6) is 6.98. The topological polar surface area (TPSA) is 134 Å². The molecule has 5 N–H and O–H groups in total. The van der Waals surface area contributed by atoms with Crippen LogP contribution >= 0.6 is 0 Å². The second kappa shape index (κ2) is 10.0. The first kappa shape index (κ1) is 24.9. The van der Waals surface area contributed by atoms with Gasteiger partial charge in [-0.1, -0.05) is 18.2 Å². The van der Waals surface area contributed by atoms with E-state index < -0.39 is 11.9 Å². The van der Waals surface area contributed by atoms with Crippen LogP contribution in [0.5, 0.6) is 5.75 Å². The minimum atomic E-state index is -0.714. The Morgan fingerprint density at radius 2 is 1.79 bits per heavy atom. The van der Waals surface area contributed by atoms with E-state index in [1.54, 1.807) is 34.9 Å². The van der Waals surface area contributed by atoms with Crippen molar-refractivity contribution in [1.29, 1.82) is 0 Å². The lowest BCUT2D eigenvalue weighted by Crippen LogP contribution is -2.51. The number of carbonyl (C=O) groups is 2. The number of nitrogens with one attached hydrogen (secondary N) is 1. The highest BCUT2D eigenvalue weighted by atomic mass is 16.6. The van der Waals surface area contributed by atoms with Crippen LogP contribution in [-0.2, 0) is 16.0 Å². The number of benzene rings is 1. The van der Waals surface area contributed by atoms with E-state index in [2.05, 4.69) is 5.32 Å². The highest BCUT2D eigenvalue weighted by Crippen LogP contribution is 2.59. The molecule has 1 amide bonds. The lowest BCUT2D eigenvalue weighted by atomic mass is 9.49. The van der Waals surface area contributed by atoms with E-state index in [0.29, 0.717) is 29.2 Å². The maximum Gasteiger partial charge on any atom is 0.316 e. The number of imidazole rings is 1. The number of carbonyl (C=O) groups excluding carboxylic acids is 2. The monoisotopic (exact) mass is 517 g/mol. The summed E-state index contributed by atoms with van der Waals surface area (Å²) in [7, 11) is 0. The van der Waals surface area contributed by atoms with E-state index in [-0.39, 0.29) is 18.1 Å². The van der Waals surface area contributed by atoms with Gasteiger partial charge in [0.2, 0.25) is 0 Å². The average molecular weight is 518 g/mol. The predicted octanol–water partition coefficient (Wildman–Crippen LogP) is 3.32. The zero-order valence-corrected chi connectivity index (χ0v) is 21.5. The molecule has 0 radical (unpaired) electrons. The number of ether oxygens (including phenoxy) is 1. The van der Waals surface area contributed by atoms with E-state index >= 15 is 0 Å². The molecule has 4 fully saturated rings. The minimum absolute atomic E-state index is 0.121. The Labute approximate surface area is 221 Å². The lowest BCUT2D eigenvalue weighted by molar-refractivity contribution is -0.145. The molecular weight excluding hydrogens is 482 g/mol. The number of fused-ring (bicyclic) bond motifs is 1. The molecule has 38 heavy (non-hydrogen) atoms. The summed E-state index contributed by atoms with van der Waals surface area (Å²) in [6.45, 7) is 0.491. The van der Waals surface area contributed by atoms with Gasteiger partial charge >= 0.3 is 5.97 Å². The number of amides is 1. The molecule has 4 aliphatic rings. The van der Waals surface area contributed by atoms with Gasteiger partial charge in [0.05, 0.1) is 5.69 Å². The Morgan fingerprint density at radius 3 is 2.47 bits per heavy atom. The van der Waals surface area contributed by atoms with Crippen LogP contribution in [0.25, 0.3) is 5.65 Å². The van der Waals surface area contributed by atoms with Gasteiger partial charge in [0.25, 0.3) is 5.91 Å². The Bertz CT molecular complexity index is 1320. The standard InChI is InChI=1S/C29H35N5O4/c30-17-37-28(36)23(11-18-3-1-4-22(10-18)38-31)24-15-34-25(5-2-6-26(34)33-24)27(35)32-16-29-12-19-7-20(13-29)9-21(8-19)14-29/h1-6,10,15,19-21,23H,7-9,11-14,16-17,30-31H2,(H,32,35). The fourth-order valence-corrected chi connectivity index (χ4v) is 7.72. The van der Waals surface area contributed by atoms with Gasteiger partial charge in [-0.2, -0.15) is 5.90 Å². The number of pyridine rings is 1. The number of rotatable bonds is 9. The second-order valence-electron chi connectivity index (χ2n) is 11.6. The highest BCUT2D eigenvalue weighted by Gasteiger charge is 2.50. The minimum Gasteiger partial charge on any atom is -0.449 e. The summed E-state index contributed by atoms with van der Waals surface area (Å²) >= 11 is 0. The molecule has 3 aromatic rings. The first-order valence-corrected chi connectivity index (χ1v) is 13.5. The van der Waals surface area contributed by atoms with Crippen LogP contribution < -0.4 is 21.8 Å². The molecule has 1 aromatic carbocycles. The SMILES string of the molecule is NCOC(=O)C(Cc1cccc(ON)c1)c1cn2c(C(=O)NCC34CC5CC(CC(C5)C3)C4)cccc2n1. The van der Waals surface area contributed by atoms with Gasteiger partial charge in [-0.15, -0.1) is 0 Å². The third kappa shape index (κ3) is 4.76. The molecule has 4 saturated carbocycles. The van der Waals surface area contributed by atoms with Gasteiger partial charge < -0.3 is 14.9 Å². The molecule has 4 aliphatic carbocycles. The maximum absolute atomic E-state index is 13.4. The number of nitrogens with two attached hydrogens (primary N) is 2. The van der Waals surface area contributed by atoms with Crippen LogP contribution in [0, 0.1) is 23.2 Å². The third-order valence-corrected chi connectivity index (χ3v) is 8.87. The van der Waals surface area contributed by atoms with E-state index in [0.717, 1.165) is 29.9 Å². The first-order valence-electron chi connectivity index (χ1n) is 13.5. The quantitative estimate of drug-likeness (QED) is 0.225. The van der Waals surface area contributed by atoms with Crippen LogP contribution in [0.1, 0.15) is 66.2 Å². The number of esters is 1. The van der Waals surface area contributed by atoms with E-state index in [1.165, 1.54) is 38.5 Å². The van der Waals surface area contributed by atoms with Crippen LogP contribution in [0.3, 0.4) is 0 Å². The number of nitrogens with zero attached hydrogens (tertiary/aromatic N) is 2. The zero-order valence-electron chi connectivity index (χ0n) is 21.5. The normalized spacial score (nSPS) is 26.3. The molecule has 1 atom stereocenters. The van der Waals surface area contributed by atoms with Crippen molar-refractivity contribution in [3.8, 4) is 5.75 Å². The van der Waals surface area contributed by atoms with E-state index in [4.69, 9.17) is 26.2 Å². The predicted molar refractivity (Wildman–Crippen MR) is 141 cm³/mol. The molecule has 0 spiro atoms. The lowest BCUT2D eigenvalue weighted by Gasteiger charge is -2.56. The summed E-state index contributed by atoms with van der Waals surface area (Å²) in [6.07, 6.45) is 9.90. The van der Waals surface area contributed by atoms with Crippen molar-refractivity contribution < 1.29 is 19.2 Å². The van der Waals surface area contributed by atoms with E-state index in [9.17, 15) is 9.59 Å².